The summed E-state index contributed by atoms with van der Waals surface area (Å²) in [6.07, 6.45) is 3.64. The average Bonchev–Trinajstić information content (AvgIpc) is 2.86. The first kappa shape index (κ1) is 12.1. The number of ether oxygens (including phenoxy) is 1. The second-order valence-corrected chi connectivity index (χ2v) is 3.90. The Hall–Kier alpha value is -2.32. The van der Waals surface area contributed by atoms with Crippen LogP contribution < -0.4 is 10.5 Å². The van der Waals surface area contributed by atoms with E-state index in [1.54, 1.807) is 24.1 Å². The molecule has 0 aliphatic heterocycles. The van der Waals surface area contributed by atoms with Gasteiger partial charge in [0.1, 0.15) is 11.8 Å². The number of rotatable bonds is 4. The molecule has 2 aromatic rings. The average molecular weight is 242 g/mol. The van der Waals surface area contributed by atoms with Crippen LogP contribution in [-0.4, -0.2) is 16.9 Å². The van der Waals surface area contributed by atoms with Crippen molar-refractivity contribution in [2.45, 2.75) is 13.1 Å². The van der Waals surface area contributed by atoms with Crippen molar-refractivity contribution in [2.75, 3.05) is 7.11 Å². The highest BCUT2D eigenvalue weighted by Gasteiger charge is 2.05. The van der Waals surface area contributed by atoms with E-state index in [0.717, 1.165) is 11.1 Å². The van der Waals surface area contributed by atoms with Crippen LogP contribution in [0.15, 0.2) is 30.6 Å². The zero-order valence-corrected chi connectivity index (χ0v) is 10.1. The Morgan fingerprint density at radius 1 is 1.44 bits per heavy atom. The highest BCUT2D eigenvalue weighted by atomic mass is 16.5. The molecule has 1 heterocycles. The molecular weight excluding hydrogens is 228 g/mol. The maximum atomic E-state index is 9.01. The molecule has 0 amide bonds. The summed E-state index contributed by atoms with van der Waals surface area (Å²) in [5.41, 5.74) is 8.04. The van der Waals surface area contributed by atoms with Crippen LogP contribution in [0.5, 0.6) is 5.75 Å². The first-order valence-electron chi connectivity index (χ1n) is 5.55. The van der Waals surface area contributed by atoms with E-state index in [-0.39, 0.29) is 0 Å². The third kappa shape index (κ3) is 2.50. The number of benzene rings is 1. The van der Waals surface area contributed by atoms with E-state index >= 15 is 0 Å². The fourth-order valence-corrected chi connectivity index (χ4v) is 1.73. The van der Waals surface area contributed by atoms with Crippen molar-refractivity contribution < 1.29 is 4.74 Å². The molecule has 1 aromatic heterocycles. The topological polar surface area (TPSA) is 76.9 Å². The number of nitriles is 1. The zero-order valence-electron chi connectivity index (χ0n) is 10.1. The summed E-state index contributed by atoms with van der Waals surface area (Å²) in [4.78, 5) is 0. The van der Waals surface area contributed by atoms with Crippen LogP contribution in [-0.2, 0) is 13.1 Å². The molecule has 92 valence electrons. The molecular formula is C13H14N4O. The van der Waals surface area contributed by atoms with E-state index < -0.39 is 0 Å². The van der Waals surface area contributed by atoms with Crippen molar-refractivity contribution in [2.24, 2.45) is 5.73 Å². The van der Waals surface area contributed by atoms with E-state index in [0.29, 0.717) is 24.4 Å². The van der Waals surface area contributed by atoms with E-state index in [1.165, 1.54) is 0 Å². The summed E-state index contributed by atoms with van der Waals surface area (Å²) in [5, 5.41) is 13.2. The molecule has 2 rings (SSSR count). The summed E-state index contributed by atoms with van der Waals surface area (Å²) in [6.45, 7) is 1.09. The van der Waals surface area contributed by atoms with Crippen molar-refractivity contribution in [3.8, 4) is 11.8 Å². The summed E-state index contributed by atoms with van der Waals surface area (Å²) < 4.78 is 6.90. The normalized spacial score (nSPS) is 10.1. The summed E-state index contributed by atoms with van der Waals surface area (Å²) in [7, 11) is 1.55. The van der Waals surface area contributed by atoms with Crippen molar-refractivity contribution in [1.82, 2.24) is 9.78 Å². The molecule has 18 heavy (non-hydrogen) atoms. The molecule has 2 N–H and O–H groups in total. The van der Waals surface area contributed by atoms with Gasteiger partial charge in [-0.05, 0) is 17.7 Å². The van der Waals surface area contributed by atoms with E-state index in [1.807, 2.05) is 18.3 Å². The molecule has 0 saturated heterocycles. The number of nitrogens with two attached hydrogens (primary N) is 1. The lowest BCUT2D eigenvalue weighted by molar-refractivity contribution is 0.413. The van der Waals surface area contributed by atoms with Crippen LogP contribution >= 0.6 is 0 Å². The fourth-order valence-electron chi connectivity index (χ4n) is 1.73. The predicted molar refractivity (Wildman–Crippen MR) is 66.9 cm³/mol. The van der Waals surface area contributed by atoms with Gasteiger partial charge in [-0.2, -0.15) is 10.4 Å². The monoisotopic (exact) mass is 242 g/mol. The first-order valence-corrected chi connectivity index (χ1v) is 5.55. The van der Waals surface area contributed by atoms with Gasteiger partial charge in [0.25, 0.3) is 0 Å². The third-order valence-corrected chi connectivity index (χ3v) is 2.65. The molecule has 0 unspecified atom stereocenters. The standard InChI is InChI=1S/C13H14N4O/c1-18-13-3-2-10(4-12(13)6-15)8-17-9-11(5-14)7-16-17/h2-4,7,9H,5,8,14H2,1H3. The van der Waals surface area contributed by atoms with E-state index in [4.69, 9.17) is 15.7 Å². The predicted octanol–water partition coefficient (Wildman–Crippen LogP) is 1.27. The maximum absolute atomic E-state index is 9.01. The zero-order chi connectivity index (χ0) is 13.0. The number of methoxy groups -OCH3 is 1. The van der Waals surface area contributed by atoms with Crippen molar-refractivity contribution in [1.29, 1.82) is 5.26 Å². The van der Waals surface area contributed by atoms with Crippen LogP contribution in [0.4, 0.5) is 0 Å². The van der Waals surface area contributed by atoms with E-state index in [9.17, 15) is 0 Å². The van der Waals surface area contributed by atoms with E-state index in [2.05, 4.69) is 11.2 Å². The Labute approximate surface area is 105 Å². The van der Waals surface area contributed by atoms with Crippen LogP contribution in [0, 0.1) is 11.3 Å². The van der Waals surface area contributed by atoms with Crippen molar-refractivity contribution in [3.63, 3.8) is 0 Å². The molecule has 0 aliphatic rings. The van der Waals surface area contributed by atoms with Crippen LogP contribution in [0.25, 0.3) is 0 Å². The van der Waals surface area contributed by atoms with Crippen LogP contribution in [0.2, 0.25) is 0 Å². The Bertz CT molecular complexity index is 583. The van der Waals surface area contributed by atoms with Crippen LogP contribution in [0.3, 0.4) is 0 Å². The minimum atomic E-state index is 0.478. The maximum Gasteiger partial charge on any atom is 0.136 e. The largest absolute Gasteiger partial charge is 0.495 e. The second kappa shape index (κ2) is 5.34. The van der Waals surface area contributed by atoms with Gasteiger partial charge in [0.15, 0.2) is 0 Å². The number of hydrogen-bond acceptors (Lipinski definition) is 4. The lowest BCUT2D eigenvalue weighted by atomic mass is 10.1. The first-order chi connectivity index (χ1) is 8.76. The molecule has 0 bridgehead atoms. The summed E-state index contributed by atoms with van der Waals surface area (Å²) in [6, 6.07) is 7.64. The molecule has 0 aliphatic carbocycles. The lowest BCUT2D eigenvalue weighted by Crippen LogP contribution is -2.01. The van der Waals surface area contributed by atoms with Gasteiger partial charge in [-0.1, -0.05) is 6.07 Å². The molecule has 0 saturated carbocycles. The molecule has 0 atom stereocenters. The molecule has 0 fully saturated rings. The molecule has 5 nitrogen and oxygen atoms in total. The second-order valence-electron chi connectivity index (χ2n) is 3.90. The Morgan fingerprint density at radius 2 is 2.28 bits per heavy atom. The van der Waals surface area contributed by atoms with Gasteiger partial charge in [-0.3, -0.25) is 4.68 Å². The van der Waals surface area contributed by atoms with Crippen molar-refractivity contribution in [3.05, 3.63) is 47.3 Å². The molecule has 5 heteroatoms. The lowest BCUT2D eigenvalue weighted by Gasteiger charge is -2.06. The summed E-state index contributed by atoms with van der Waals surface area (Å²) in [5.74, 6) is 0.587. The number of aromatic nitrogens is 2. The number of nitrogens with zero attached hydrogens (tertiary/aromatic N) is 3. The minimum absolute atomic E-state index is 0.478. The quantitative estimate of drug-likeness (QED) is 0.875. The third-order valence-electron chi connectivity index (χ3n) is 2.65. The molecule has 0 spiro atoms. The highest BCUT2D eigenvalue weighted by molar-refractivity contribution is 5.45. The van der Waals surface area contributed by atoms with Gasteiger partial charge < -0.3 is 10.5 Å². The molecule has 1 aromatic carbocycles. The van der Waals surface area contributed by atoms with Gasteiger partial charge in [-0.25, -0.2) is 0 Å². The van der Waals surface area contributed by atoms with Crippen LogP contribution in [0.1, 0.15) is 16.7 Å². The molecule has 0 radical (unpaired) electrons. The fraction of sp³-hybridized carbons (Fsp3) is 0.231. The van der Waals surface area contributed by atoms with Gasteiger partial charge >= 0.3 is 0 Å². The smallest absolute Gasteiger partial charge is 0.136 e. The van der Waals surface area contributed by atoms with Gasteiger partial charge in [0.2, 0.25) is 0 Å². The van der Waals surface area contributed by atoms with Gasteiger partial charge in [0.05, 0.1) is 25.4 Å². The Morgan fingerprint density at radius 3 is 2.89 bits per heavy atom. The highest BCUT2D eigenvalue weighted by Crippen LogP contribution is 2.19. The number of hydrogen-bond donors (Lipinski definition) is 1. The minimum Gasteiger partial charge on any atom is -0.495 e. The Balaban J connectivity index is 2.22. The van der Waals surface area contributed by atoms with Gasteiger partial charge in [0, 0.05) is 18.3 Å². The Kier molecular flexibility index (Phi) is 3.60. The van der Waals surface area contributed by atoms with Gasteiger partial charge in [-0.15, -0.1) is 0 Å². The SMILES string of the molecule is COc1ccc(Cn2cc(CN)cn2)cc1C#N. The van der Waals surface area contributed by atoms with Crippen molar-refractivity contribution >= 4 is 0 Å². The summed E-state index contributed by atoms with van der Waals surface area (Å²) >= 11 is 0.